The number of rotatable bonds is 6. The molecule has 0 radical (unpaired) electrons. The van der Waals surface area contributed by atoms with Gasteiger partial charge in [-0.2, -0.15) is 0 Å². The fourth-order valence-corrected chi connectivity index (χ4v) is 3.21. The molecule has 0 heterocycles. The zero-order chi connectivity index (χ0) is 19.4. The lowest BCUT2D eigenvalue weighted by atomic mass is 10.1. The standard InChI is InChI=1S/C18H21N3O4S/c1-11-8-12(6-7-14(11)20(2)3)19-18(22)13-9-17(26-5)16(25-4)10-15(13)21(23)24/h6-10H,1-5H3,(H,19,22). The Hall–Kier alpha value is -2.74. The van der Waals surface area contributed by atoms with Gasteiger partial charge in [0.1, 0.15) is 11.3 Å². The highest BCUT2D eigenvalue weighted by Gasteiger charge is 2.24. The first-order chi connectivity index (χ1) is 12.3. The number of nitro benzene ring substituents is 1. The fourth-order valence-electron chi connectivity index (χ4n) is 2.63. The van der Waals surface area contributed by atoms with Crippen LogP contribution in [0.15, 0.2) is 35.2 Å². The molecule has 0 unspecified atom stereocenters. The van der Waals surface area contributed by atoms with Gasteiger partial charge in [-0.3, -0.25) is 14.9 Å². The van der Waals surface area contributed by atoms with E-state index in [1.165, 1.54) is 31.0 Å². The number of benzene rings is 2. The summed E-state index contributed by atoms with van der Waals surface area (Å²) < 4.78 is 5.17. The van der Waals surface area contributed by atoms with Gasteiger partial charge in [-0.15, -0.1) is 11.8 Å². The van der Waals surface area contributed by atoms with Gasteiger partial charge in [-0.25, -0.2) is 0 Å². The minimum absolute atomic E-state index is 0.00510. The molecular weight excluding hydrogens is 354 g/mol. The summed E-state index contributed by atoms with van der Waals surface area (Å²) >= 11 is 1.35. The predicted octanol–water partition coefficient (Wildman–Crippen LogP) is 3.95. The summed E-state index contributed by atoms with van der Waals surface area (Å²) in [7, 11) is 5.31. The molecule has 2 aromatic carbocycles. The number of methoxy groups -OCH3 is 1. The molecule has 26 heavy (non-hydrogen) atoms. The predicted molar refractivity (Wildman–Crippen MR) is 105 cm³/mol. The van der Waals surface area contributed by atoms with Crippen molar-refractivity contribution < 1.29 is 14.5 Å². The van der Waals surface area contributed by atoms with E-state index in [0.717, 1.165) is 11.3 Å². The number of nitro groups is 1. The van der Waals surface area contributed by atoms with Gasteiger partial charge in [0.05, 0.1) is 23.0 Å². The topological polar surface area (TPSA) is 84.7 Å². The number of hydrogen-bond acceptors (Lipinski definition) is 6. The van der Waals surface area contributed by atoms with Gasteiger partial charge >= 0.3 is 0 Å². The van der Waals surface area contributed by atoms with Crippen LogP contribution in [0, 0.1) is 17.0 Å². The molecule has 0 bridgehead atoms. The molecule has 2 aromatic rings. The first-order valence-electron chi connectivity index (χ1n) is 7.78. The maximum atomic E-state index is 12.7. The summed E-state index contributed by atoms with van der Waals surface area (Å²) in [6.07, 6.45) is 1.81. The number of nitrogens with one attached hydrogen (secondary N) is 1. The third-order valence-corrected chi connectivity index (χ3v) is 4.64. The number of aryl methyl sites for hydroxylation is 1. The number of carbonyl (C=O) groups excluding carboxylic acids is 1. The van der Waals surface area contributed by atoms with Gasteiger partial charge in [-0.1, -0.05) is 0 Å². The first-order valence-corrected chi connectivity index (χ1v) is 9.00. The van der Waals surface area contributed by atoms with E-state index in [2.05, 4.69) is 5.32 Å². The van der Waals surface area contributed by atoms with Crippen molar-refractivity contribution in [2.75, 3.05) is 37.7 Å². The summed E-state index contributed by atoms with van der Waals surface area (Å²) in [6, 6.07) is 8.25. The molecular formula is C18H21N3O4S. The largest absolute Gasteiger partial charge is 0.495 e. The SMILES string of the molecule is COc1cc([N+](=O)[O-])c(C(=O)Nc2ccc(N(C)C)c(C)c2)cc1SC. The number of hydrogen-bond donors (Lipinski definition) is 1. The van der Waals surface area contributed by atoms with Crippen molar-refractivity contribution in [3.63, 3.8) is 0 Å². The molecule has 0 fully saturated rings. The van der Waals surface area contributed by atoms with Crippen molar-refractivity contribution in [3.8, 4) is 5.75 Å². The molecule has 7 nitrogen and oxygen atoms in total. The highest BCUT2D eigenvalue weighted by atomic mass is 32.2. The summed E-state index contributed by atoms with van der Waals surface area (Å²) in [5.74, 6) is -0.168. The minimum Gasteiger partial charge on any atom is -0.495 e. The average molecular weight is 375 g/mol. The van der Waals surface area contributed by atoms with Crippen LogP contribution in [0.4, 0.5) is 17.1 Å². The van der Waals surface area contributed by atoms with E-state index < -0.39 is 10.8 Å². The van der Waals surface area contributed by atoms with E-state index in [-0.39, 0.29) is 11.3 Å². The van der Waals surface area contributed by atoms with Gasteiger partial charge in [-0.05, 0) is 43.0 Å². The Morgan fingerprint density at radius 1 is 1.27 bits per heavy atom. The summed E-state index contributed by atoms with van der Waals surface area (Å²) in [6.45, 7) is 1.94. The third kappa shape index (κ3) is 4.08. The molecule has 0 aliphatic rings. The Morgan fingerprint density at radius 2 is 1.96 bits per heavy atom. The molecule has 1 amide bonds. The molecule has 0 saturated carbocycles. The molecule has 0 aromatic heterocycles. The van der Waals surface area contributed by atoms with Gasteiger partial charge in [0.15, 0.2) is 0 Å². The molecule has 0 aliphatic carbocycles. The lowest BCUT2D eigenvalue weighted by molar-refractivity contribution is -0.385. The number of amides is 1. The zero-order valence-corrected chi connectivity index (χ0v) is 16.1. The maximum Gasteiger partial charge on any atom is 0.285 e. The third-order valence-electron chi connectivity index (χ3n) is 3.88. The molecule has 0 aliphatic heterocycles. The van der Waals surface area contributed by atoms with Gasteiger partial charge in [0.2, 0.25) is 0 Å². The Kier molecular flexibility index (Phi) is 6.10. The molecule has 0 atom stereocenters. The fraction of sp³-hybridized carbons (Fsp3) is 0.278. The van der Waals surface area contributed by atoms with E-state index in [1.807, 2.05) is 44.3 Å². The van der Waals surface area contributed by atoms with Crippen LogP contribution in [0.1, 0.15) is 15.9 Å². The molecule has 2 rings (SSSR count). The lowest BCUT2D eigenvalue weighted by Gasteiger charge is -2.17. The van der Waals surface area contributed by atoms with Crippen LogP contribution >= 0.6 is 11.8 Å². The Bertz CT molecular complexity index is 853. The molecule has 8 heteroatoms. The molecule has 0 spiro atoms. The number of carbonyl (C=O) groups is 1. The van der Waals surface area contributed by atoms with Crippen LogP contribution in [-0.4, -0.2) is 38.3 Å². The van der Waals surface area contributed by atoms with Crippen molar-refractivity contribution in [1.82, 2.24) is 0 Å². The second-order valence-corrected chi connectivity index (χ2v) is 6.68. The maximum absolute atomic E-state index is 12.7. The smallest absolute Gasteiger partial charge is 0.285 e. The van der Waals surface area contributed by atoms with Crippen LogP contribution in [-0.2, 0) is 0 Å². The summed E-state index contributed by atoms with van der Waals surface area (Å²) in [5.41, 5.74) is 2.30. The molecule has 1 N–H and O–H groups in total. The first kappa shape index (κ1) is 19.6. The minimum atomic E-state index is -0.581. The van der Waals surface area contributed by atoms with Crippen LogP contribution in [0.3, 0.4) is 0 Å². The van der Waals surface area contributed by atoms with Crippen LogP contribution in [0.5, 0.6) is 5.75 Å². The van der Waals surface area contributed by atoms with E-state index in [9.17, 15) is 14.9 Å². The van der Waals surface area contributed by atoms with Crippen molar-refractivity contribution in [2.45, 2.75) is 11.8 Å². The van der Waals surface area contributed by atoms with Crippen molar-refractivity contribution in [2.24, 2.45) is 0 Å². The van der Waals surface area contributed by atoms with E-state index >= 15 is 0 Å². The van der Waals surface area contributed by atoms with Crippen molar-refractivity contribution in [3.05, 3.63) is 51.6 Å². The normalized spacial score (nSPS) is 10.3. The highest BCUT2D eigenvalue weighted by Crippen LogP contribution is 2.35. The van der Waals surface area contributed by atoms with E-state index in [4.69, 9.17) is 4.74 Å². The van der Waals surface area contributed by atoms with Crippen molar-refractivity contribution in [1.29, 1.82) is 0 Å². The monoisotopic (exact) mass is 375 g/mol. The molecule has 0 saturated heterocycles. The Morgan fingerprint density at radius 3 is 2.46 bits per heavy atom. The lowest BCUT2D eigenvalue weighted by Crippen LogP contribution is -2.15. The number of thioether (sulfide) groups is 1. The molecule has 138 valence electrons. The quantitative estimate of drug-likeness (QED) is 0.467. The van der Waals surface area contributed by atoms with Crippen molar-refractivity contribution >= 4 is 34.7 Å². The zero-order valence-electron chi connectivity index (χ0n) is 15.3. The Labute approximate surface area is 156 Å². The second kappa shape index (κ2) is 8.09. The average Bonchev–Trinajstić information content (AvgIpc) is 2.59. The number of nitrogens with zero attached hydrogens (tertiary/aromatic N) is 2. The van der Waals surface area contributed by atoms with Crippen LogP contribution in [0.2, 0.25) is 0 Å². The number of anilines is 2. The summed E-state index contributed by atoms with van der Waals surface area (Å²) in [4.78, 5) is 26.1. The van der Waals surface area contributed by atoms with E-state index in [0.29, 0.717) is 16.3 Å². The van der Waals surface area contributed by atoms with Crippen LogP contribution < -0.4 is 15.0 Å². The second-order valence-electron chi connectivity index (χ2n) is 5.83. The Balaban J connectivity index is 2.40. The highest BCUT2D eigenvalue weighted by molar-refractivity contribution is 7.98. The van der Waals surface area contributed by atoms with E-state index in [1.54, 1.807) is 6.07 Å². The van der Waals surface area contributed by atoms with Gasteiger partial charge in [0, 0.05) is 25.5 Å². The summed E-state index contributed by atoms with van der Waals surface area (Å²) in [5, 5.41) is 14.1. The number of ether oxygens (including phenoxy) is 1. The van der Waals surface area contributed by atoms with Crippen LogP contribution in [0.25, 0.3) is 0 Å². The van der Waals surface area contributed by atoms with Gasteiger partial charge < -0.3 is 15.0 Å². The van der Waals surface area contributed by atoms with Gasteiger partial charge in [0.25, 0.3) is 11.6 Å².